The van der Waals surface area contributed by atoms with Crippen molar-refractivity contribution in [1.82, 2.24) is 20.0 Å². The van der Waals surface area contributed by atoms with Crippen molar-refractivity contribution in [2.45, 2.75) is 18.9 Å². The SMILES string of the molecule is CN(C)CCN1CCN(C2CCCNC2)C1=O. The molecule has 17 heavy (non-hydrogen) atoms. The number of carbonyl (C=O) groups excluding carboxylic acids is 1. The van der Waals surface area contributed by atoms with E-state index in [1.54, 1.807) is 0 Å². The number of hydrogen-bond donors (Lipinski definition) is 1. The first-order chi connectivity index (χ1) is 8.18. The molecular formula is C12H24N4O. The van der Waals surface area contributed by atoms with Crippen molar-refractivity contribution in [3.63, 3.8) is 0 Å². The van der Waals surface area contributed by atoms with E-state index >= 15 is 0 Å². The van der Waals surface area contributed by atoms with Gasteiger partial charge in [0.15, 0.2) is 0 Å². The van der Waals surface area contributed by atoms with Gasteiger partial charge in [0.05, 0.1) is 0 Å². The number of urea groups is 1. The molecule has 0 aromatic rings. The molecule has 5 nitrogen and oxygen atoms in total. The number of nitrogens with zero attached hydrogens (tertiary/aromatic N) is 3. The summed E-state index contributed by atoms with van der Waals surface area (Å²) in [6.07, 6.45) is 2.34. The Labute approximate surface area is 104 Å². The predicted molar refractivity (Wildman–Crippen MR) is 68.1 cm³/mol. The van der Waals surface area contributed by atoms with Gasteiger partial charge in [-0.25, -0.2) is 4.79 Å². The van der Waals surface area contributed by atoms with Crippen LogP contribution < -0.4 is 5.32 Å². The van der Waals surface area contributed by atoms with E-state index in [0.717, 1.165) is 45.7 Å². The lowest BCUT2D eigenvalue weighted by atomic mass is 10.1. The van der Waals surface area contributed by atoms with E-state index in [2.05, 4.69) is 15.1 Å². The second kappa shape index (κ2) is 5.69. The van der Waals surface area contributed by atoms with Gasteiger partial charge in [0.25, 0.3) is 0 Å². The number of nitrogens with one attached hydrogen (secondary N) is 1. The van der Waals surface area contributed by atoms with Crippen molar-refractivity contribution < 1.29 is 4.79 Å². The smallest absolute Gasteiger partial charge is 0.320 e. The van der Waals surface area contributed by atoms with E-state index in [9.17, 15) is 4.79 Å². The van der Waals surface area contributed by atoms with Crippen LogP contribution in [-0.2, 0) is 0 Å². The Morgan fingerprint density at radius 2 is 2.24 bits per heavy atom. The van der Waals surface area contributed by atoms with Gasteiger partial charge in [-0.15, -0.1) is 0 Å². The van der Waals surface area contributed by atoms with Gasteiger partial charge in [0, 0.05) is 38.8 Å². The summed E-state index contributed by atoms with van der Waals surface area (Å²) in [7, 11) is 4.09. The van der Waals surface area contributed by atoms with Crippen molar-refractivity contribution >= 4 is 6.03 Å². The summed E-state index contributed by atoms with van der Waals surface area (Å²) in [4.78, 5) is 18.4. The highest BCUT2D eigenvalue weighted by Crippen LogP contribution is 2.17. The highest BCUT2D eigenvalue weighted by molar-refractivity contribution is 5.77. The topological polar surface area (TPSA) is 38.8 Å². The van der Waals surface area contributed by atoms with Gasteiger partial charge >= 0.3 is 6.03 Å². The van der Waals surface area contributed by atoms with Crippen molar-refractivity contribution in [2.75, 3.05) is 53.4 Å². The summed E-state index contributed by atoms with van der Waals surface area (Å²) in [6, 6.07) is 0.654. The lowest BCUT2D eigenvalue weighted by Crippen LogP contribution is -2.48. The van der Waals surface area contributed by atoms with Crippen molar-refractivity contribution in [3.05, 3.63) is 0 Å². The lowest BCUT2D eigenvalue weighted by molar-refractivity contribution is 0.165. The van der Waals surface area contributed by atoms with Crippen LogP contribution in [0.3, 0.4) is 0 Å². The third-order valence-electron chi connectivity index (χ3n) is 3.66. The van der Waals surface area contributed by atoms with Gasteiger partial charge in [-0.1, -0.05) is 0 Å². The molecule has 2 saturated heterocycles. The van der Waals surface area contributed by atoms with Gasteiger partial charge in [0.1, 0.15) is 0 Å². The van der Waals surface area contributed by atoms with Crippen molar-refractivity contribution in [1.29, 1.82) is 0 Å². The summed E-state index contributed by atoms with van der Waals surface area (Å²) >= 11 is 0. The van der Waals surface area contributed by atoms with Gasteiger partial charge in [-0.3, -0.25) is 0 Å². The Hall–Kier alpha value is -0.810. The molecule has 1 N–H and O–H groups in total. The average molecular weight is 240 g/mol. The highest BCUT2D eigenvalue weighted by atomic mass is 16.2. The van der Waals surface area contributed by atoms with Crippen LogP contribution >= 0.6 is 0 Å². The molecule has 0 saturated carbocycles. The molecular weight excluding hydrogens is 216 g/mol. The quantitative estimate of drug-likeness (QED) is 0.754. The molecule has 0 radical (unpaired) electrons. The minimum atomic E-state index is 0.237. The van der Waals surface area contributed by atoms with E-state index < -0.39 is 0 Å². The summed E-state index contributed by atoms with van der Waals surface area (Å²) < 4.78 is 0. The fourth-order valence-electron chi connectivity index (χ4n) is 2.57. The van der Waals surface area contributed by atoms with E-state index in [4.69, 9.17) is 0 Å². The maximum atomic E-state index is 12.2. The predicted octanol–water partition coefficient (Wildman–Crippen LogP) is 0.0376. The maximum Gasteiger partial charge on any atom is 0.320 e. The van der Waals surface area contributed by atoms with Gasteiger partial charge in [-0.05, 0) is 33.5 Å². The Bertz CT molecular complexity index is 263. The minimum Gasteiger partial charge on any atom is -0.322 e. The monoisotopic (exact) mass is 240 g/mol. The van der Waals surface area contributed by atoms with Gasteiger partial charge in [-0.2, -0.15) is 0 Å². The summed E-state index contributed by atoms with van der Waals surface area (Å²) in [5.74, 6) is 0. The van der Waals surface area contributed by atoms with E-state index in [1.807, 2.05) is 19.0 Å². The Morgan fingerprint density at radius 1 is 1.41 bits per heavy atom. The summed E-state index contributed by atoms with van der Waals surface area (Å²) in [5.41, 5.74) is 0. The Morgan fingerprint density at radius 3 is 2.88 bits per heavy atom. The lowest BCUT2D eigenvalue weighted by Gasteiger charge is -2.31. The van der Waals surface area contributed by atoms with Crippen LogP contribution in [0.5, 0.6) is 0 Å². The second-order valence-corrected chi connectivity index (χ2v) is 5.27. The number of likely N-dealkylation sites (N-methyl/N-ethyl adjacent to an activating group) is 1. The zero-order valence-electron chi connectivity index (χ0n) is 11.0. The zero-order valence-corrected chi connectivity index (χ0v) is 11.0. The molecule has 2 aliphatic heterocycles. The normalized spacial score (nSPS) is 26.1. The van der Waals surface area contributed by atoms with Crippen LogP contribution in [0.15, 0.2) is 0 Å². The molecule has 98 valence electrons. The second-order valence-electron chi connectivity index (χ2n) is 5.27. The fourth-order valence-corrected chi connectivity index (χ4v) is 2.57. The molecule has 2 aliphatic rings. The standard InChI is InChI=1S/C12H24N4O/c1-14(2)6-7-15-8-9-16(12(15)17)11-4-3-5-13-10-11/h11,13H,3-10H2,1-2H3. The van der Waals surface area contributed by atoms with E-state index in [-0.39, 0.29) is 6.03 Å². The molecule has 0 aromatic carbocycles. The van der Waals surface area contributed by atoms with Crippen LogP contribution in [0.2, 0.25) is 0 Å². The largest absolute Gasteiger partial charge is 0.322 e. The fraction of sp³-hybridized carbons (Fsp3) is 0.917. The Kier molecular flexibility index (Phi) is 4.23. The first-order valence-electron chi connectivity index (χ1n) is 6.59. The van der Waals surface area contributed by atoms with Crippen molar-refractivity contribution in [3.8, 4) is 0 Å². The van der Waals surface area contributed by atoms with Crippen molar-refractivity contribution in [2.24, 2.45) is 0 Å². The molecule has 0 aliphatic carbocycles. The third kappa shape index (κ3) is 3.10. The Balaban J connectivity index is 1.83. The number of amides is 2. The van der Waals surface area contributed by atoms with Crippen LogP contribution in [-0.4, -0.2) is 80.1 Å². The number of rotatable bonds is 4. The average Bonchev–Trinajstić information content (AvgIpc) is 2.69. The van der Waals surface area contributed by atoms with E-state index in [1.165, 1.54) is 6.42 Å². The van der Waals surface area contributed by atoms with Crippen LogP contribution in [0.25, 0.3) is 0 Å². The molecule has 1 unspecified atom stereocenters. The van der Waals surface area contributed by atoms with Crippen LogP contribution in [0, 0.1) is 0 Å². The summed E-state index contributed by atoms with van der Waals surface area (Å²) in [6.45, 7) is 5.66. The first-order valence-corrected chi connectivity index (χ1v) is 6.59. The zero-order chi connectivity index (χ0) is 12.3. The summed E-state index contributed by atoms with van der Waals surface area (Å²) in [5, 5.41) is 3.38. The molecule has 1 atom stereocenters. The molecule has 0 spiro atoms. The maximum absolute atomic E-state index is 12.2. The molecule has 2 amide bonds. The molecule has 2 fully saturated rings. The molecule has 5 heteroatoms. The van der Waals surface area contributed by atoms with Gasteiger partial charge < -0.3 is 20.0 Å². The molecule has 0 aromatic heterocycles. The molecule has 2 rings (SSSR count). The van der Waals surface area contributed by atoms with Gasteiger partial charge in [0.2, 0.25) is 0 Å². The third-order valence-corrected chi connectivity index (χ3v) is 3.66. The minimum absolute atomic E-state index is 0.237. The first kappa shape index (κ1) is 12.6. The number of hydrogen-bond acceptors (Lipinski definition) is 3. The number of carbonyl (C=O) groups is 1. The molecule has 2 heterocycles. The highest BCUT2D eigenvalue weighted by Gasteiger charge is 2.33. The molecule has 0 bridgehead atoms. The van der Waals surface area contributed by atoms with Crippen LogP contribution in [0.1, 0.15) is 12.8 Å². The number of piperidine rings is 1. The van der Waals surface area contributed by atoms with E-state index in [0.29, 0.717) is 6.04 Å². The van der Waals surface area contributed by atoms with Crippen LogP contribution in [0.4, 0.5) is 4.79 Å².